The Hall–Kier alpha value is -1.72. The van der Waals surface area contributed by atoms with Crippen LogP contribution in [0, 0.1) is 11.8 Å². The summed E-state index contributed by atoms with van der Waals surface area (Å²) >= 11 is 0. The molecular formula is C23H31NO4. The maximum absolute atomic E-state index is 12.7. The number of carbonyl (C=O) groups is 2. The molecule has 0 radical (unpaired) electrons. The third-order valence-corrected chi connectivity index (χ3v) is 6.22. The molecule has 1 aromatic rings. The van der Waals surface area contributed by atoms with Crippen LogP contribution >= 0.6 is 0 Å². The van der Waals surface area contributed by atoms with Gasteiger partial charge in [0.05, 0.1) is 25.4 Å². The zero-order chi connectivity index (χ0) is 19.5. The highest BCUT2D eigenvalue weighted by atomic mass is 16.6. The second-order valence-electron chi connectivity index (χ2n) is 8.53. The highest BCUT2D eigenvalue weighted by Gasteiger charge is 2.49. The molecule has 3 fully saturated rings. The molecule has 1 amide bonds. The number of hydrogen-bond acceptors (Lipinski definition) is 4. The summed E-state index contributed by atoms with van der Waals surface area (Å²) in [6.07, 6.45) is 6.92. The van der Waals surface area contributed by atoms with Crippen LogP contribution in [0.4, 0.5) is 0 Å². The minimum absolute atomic E-state index is 0.0598. The average molecular weight is 386 g/mol. The van der Waals surface area contributed by atoms with E-state index < -0.39 is 0 Å². The van der Waals surface area contributed by atoms with Crippen LogP contribution in [0.15, 0.2) is 24.3 Å². The molecule has 2 aliphatic heterocycles. The third-order valence-electron chi connectivity index (χ3n) is 6.22. The standard InChI is InChI=1S/C23H31NO4/c1-2-3-4-5-15-6-8-16(9-7-15)20(25)12-18-13-27-22-19(14-28-21(18)22)24-23(26)17-10-11-17/h6-9,17-19,21-22H,2-5,10-14H2,1H3,(H,24,26)/t18-,19-,21+,22+/m0/s1. The van der Waals surface area contributed by atoms with Crippen molar-refractivity contribution in [3.05, 3.63) is 35.4 Å². The number of ketones is 1. The second kappa shape index (κ2) is 8.75. The number of fused-ring (bicyclic) bond motifs is 1. The van der Waals surface area contributed by atoms with E-state index in [1.54, 1.807) is 0 Å². The largest absolute Gasteiger partial charge is 0.373 e. The quantitative estimate of drug-likeness (QED) is 0.523. The SMILES string of the molecule is CCCCCc1ccc(C(=O)C[C@H]2CO[C@H]3[C@@H]2OC[C@@H]3NC(=O)C2CC2)cc1. The fourth-order valence-corrected chi connectivity index (χ4v) is 4.32. The molecule has 1 saturated carbocycles. The van der Waals surface area contributed by atoms with Gasteiger partial charge in [-0.15, -0.1) is 0 Å². The molecule has 1 N–H and O–H groups in total. The smallest absolute Gasteiger partial charge is 0.223 e. The van der Waals surface area contributed by atoms with Gasteiger partial charge in [-0.05, 0) is 31.2 Å². The molecule has 0 unspecified atom stereocenters. The van der Waals surface area contributed by atoms with Crippen LogP contribution in [0.1, 0.15) is 61.4 Å². The zero-order valence-corrected chi connectivity index (χ0v) is 16.7. The summed E-state index contributed by atoms with van der Waals surface area (Å²) in [5.41, 5.74) is 2.06. The van der Waals surface area contributed by atoms with Gasteiger partial charge in [0.1, 0.15) is 6.10 Å². The van der Waals surface area contributed by atoms with Crippen LogP contribution in [0.3, 0.4) is 0 Å². The van der Waals surface area contributed by atoms with E-state index in [1.165, 1.54) is 24.8 Å². The van der Waals surface area contributed by atoms with Crippen LogP contribution < -0.4 is 5.32 Å². The number of nitrogens with one attached hydrogen (secondary N) is 1. The molecule has 5 nitrogen and oxygen atoms in total. The Kier molecular flexibility index (Phi) is 6.12. The van der Waals surface area contributed by atoms with E-state index >= 15 is 0 Å². The molecule has 0 bridgehead atoms. The number of Topliss-reactive ketones (excluding diaryl/α,β-unsaturated/α-hetero) is 1. The maximum Gasteiger partial charge on any atom is 0.223 e. The number of amides is 1. The lowest BCUT2D eigenvalue weighted by molar-refractivity contribution is -0.123. The number of carbonyl (C=O) groups excluding carboxylic acids is 2. The van der Waals surface area contributed by atoms with Crippen molar-refractivity contribution in [2.24, 2.45) is 11.8 Å². The number of hydrogen-bond donors (Lipinski definition) is 1. The summed E-state index contributed by atoms with van der Waals surface area (Å²) in [5.74, 6) is 0.507. The van der Waals surface area contributed by atoms with Crippen molar-refractivity contribution in [2.75, 3.05) is 13.2 Å². The second-order valence-corrected chi connectivity index (χ2v) is 8.53. The van der Waals surface area contributed by atoms with Gasteiger partial charge in [0, 0.05) is 23.8 Å². The van der Waals surface area contributed by atoms with Gasteiger partial charge in [0.2, 0.25) is 5.91 Å². The molecule has 2 heterocycles. The summed E-state index contributed by atoms with van der Waals surface area (Å²) in [5, 5.41) is 3.07. The Labute approximate surface area is 167 Å². The number of benzene rings is 1. The molecule has 2 saturated heterocycles. The Balaban J connectivity index is 1.28. The zero-order valence-electron chi connectivity index (χ0n) is 16.7. The van der Waals surface area contributed by atoms with Crippen LogP contribution in [0.2, 0.25) is 0 Å². The molecule has 4 atom stereocenters. The highest BCUT2D eigenvalue weighted by Crippen LogP contribution is 2.35. The normalized spacial score (nSPS) is 28.9. The van der Waals surface area contributed by atoms with Gasteiger partial charge >= 0.3 is 0 Å². The van der Waals surface area contributed by atoms with Crippen molar-refractivity contribution in [2.45, 2.75) is 70.1 Å². The molecule has 28 heavy (non-hydrogen) atoms. The fourth-order valence-electron chi connectivity index (χ4n) is 4.32. The molecule has 5 heteroatoms. The topological polar surface area (TPSA) is 64.6 Å². The van der Waals surface area contributed by atoms with Gasteiger partial charge in [0.25, 0.3) is 0 Å². The van der Waals surface area contributed by atoms with Crippen molar-refractivity contribution < 1.29 is 19.1 Å². The first-order valence-corrected chi connectivity index (χ1v) is 10.8. The Morgan fingerprint density at radius 2 is 1.79 bits per heavy atom. The first-order valence-electron chi connectivity index (χ1n) is 10.8. The van der Waals surface area contributed by atoms with Gasteiger partial charge in [0.15, 0.2) is 5.78 Å². The lowest BCUT2D eigenvalue weighted by Crippen LogP contribution is -2.44. The van der Waals surface area contributed by atoms with E-state index in [1.807, 2.05) is 12.1 Å². The molecule has 152 valence electrons. The van der Waals surface area contributed by atoms with E-state index in [-0.39, 0.29) is 41.8 Å². The lowest BCUT2D eigenvalue weighted by Gasteiger charge is -2.17. The Bertz CT molecular complexity index is 697. The molecule has 1 aromatic carbocycles. The predicted octanol–water partition coefficient (Wildman–Crippen LogP) is 3.30. The fraction of sp³-hybridized carbons (Fsp3) is 0.652. The number of ether oxygens (including phenoxy) is 2. The van der Waals surface area contributed by atoms with Crippen LogP contribution in [-0.4, -0.2) is 43.2 Å². The summed E-state index contributed by atoms with van der Waals surface area (Å²) in [6.45, 7) is 3.20. The van der Waals surface area contributed by atoms with Crippen molar-refractivity contribution in [1.82, 2.24) is 5.32 Å². The molecule has 0 aromatic heterocycles. The number of unbranched alkanes of at least 4 members (excludes halogenated alkanes) is 2. The van der Waals surface area contributed by atoms with Crippen LogP contribution in [0.25, 0.3) is 0 Å². The van der Waals surface area contributed by atoms with Gasteiger partial charge in [-0.2, -0.15) is 0 Å². The van der Waals surface area contributed by atoms with Gasteiger partial charge in [-0.3, -0.25) is 9.59 Å². The first-order chi connectivity index (χ1) is 13.7. The molecule has 3 aliphatic rings. The van der Waals surface area contributed by atoms with Crippen molar-refractivity contribution in [3.63, 3.8) is 0 Å². The first kappa shape index (κ1) is 19.6. The van der Waals surface area contributed by atoms with Crippen molar-refractivity contribution >= 4 is 11.7 Å². The van der Waals surface area contributed by atoms with E-state index in [4.69, 9.17) is 9.47 Å². The summed E-state index contributed by atoms with van der Waals surface area (Å²) in [4.78, 5) is 24.8. The van der Waals surface area contributed by atoms with E-state index in [0.717, 1.165) is 24.8 Å². The molecule has 0 spiro atoms. The molecule has 1 aliphatic carbocycles. The van der Waals surface area contributed by atoms with E-state index in [9.17, 15) is 9.59 Å². The van der Waals surface area contributed by atoms with Gasteiger partial charge in [-0.1, -0.05) is 44.0 Å². The third kappa shape index (κ3) is 4.47. The number of rotatable bonds is 9. The summed E-state index contributed by atoms with van der Waals surface area (Å²) in [7, 11) is 0. The van der Waals surface area contributed by atoms with E-state index in [0.29, 0.717) is 19.6 Å². The highest BCUT2D eigenvalue weighted by molar-refractivity contribution is 5.96. The van der Waals surface area contributed by atoms with Crippen molar-refractivity contribution in [3.8, 4) is 0 Å². The lowest BCUT2D eigenvalue weighted by atomic mass is 9.92. The molecular weight excluding hydrogens is 354 g/mol. The predicted molar refractivity (Wildman–Crippen MR) is 106 cm³/mol. The van der Waals surface area contributed by atoms with Crippen LogP contribution in [-0.2, 0) is 20.7 Å². The monoisotopic (exact) mass is 385 g/mol. The van der Waals surface area contributed by atoms with Crippen LogP contribution in [0.5, 0.6) is 0 Å². The number of aryl methyl sites for hydroxylation is 1. The molecule has 4 rings (SSSR count). The van der Waals surface area contributed by atoms with Crippen molar-refractivity contribution in [1.29, 1.82) is 0 Å². The minimum Gasteiger partial charge on any atom is -0.373 e. The average Bonchev–Trinajstić information content (AvgIpc) is 3.38. The maximum atomic E-state index is 12.7. The Morgan fingerprint density at radius 1 is 1.04 bits per heavy atom. The summed E-state index contributed by atoms with van der Waals surface area (Å²) in [6, 6.07) is 7.97. The minimum atomic E-state index is -0.124. The van der Waals surface area contributed by atoms with Gasteiger partial charge in [-0.25, -0.2) is 0 Å². The van der Waals surface area contributed by atoms with Gasteiger partial charge < -0.3 is 14.8 Å². The Morgan fingerprint density at radius 3 is 2.50 bits per heavy atom. The van der Waals surface area contributed by atoms with E-state index in [2.05, 4.69) is 24.4 Å². The summed E-state index contributed by atoms with van der Waals surface area (Å²) < 4.78 is 11.8.